The summed E-state index contributed by atoms with van der Waals surface area (Å²) < 4.78 is 5.21. The molecular formula is C18H17ClO3. The largest absolute Gasteiger partial charge is 0.454 e. The number of ketones is 1. The highest BCUT2D eigenvalue weighted by Gasteiger charge is 2.19. The fourth-order valence-electron chi connectivity index (χ4n) is 2.06. The lowest BCUT2D eigenvalue weighted by molar-refractivity contribution is -0.145. The van der Waals surface area contributed by atoms with Gasteiger partial charge in [-0.15, -0.1) is 0 Å². The maximum Gasteiger partial charge on any atom is 0.310 e. The van der Waals surface area contributed by atoms with Crippen LogP contribution in [0.4, 0.5) is 0 Å². The fraction of sp³-hybridized carbons (Fsp3) is 0.222. The Morgan fingerprint density at radius 2 is 1.82 bits per heavy atom. The molecule has 0 saturated carbocycles. The van der Waals surface area contributed by atoms with Crippen LogP contribution in [0.3, 0.4) is 0 Å². The number of Topliss-reactive ketones (excluding diaryl/α,β-unsaturated/α-hetero) is 1. The summed E-state index contributed by atoms with van der Waals surface area (Å²) in [6, 6.07) is 14.2. The van der Waals surface area contributed by atoms with Crippen molar-refractivity contribution in [3.05, 3.63) is 70.2 Å². The second-order valence-electron chi connectivity index (χ2n) is 5.17. The summed E-state index contributed by atoms with van der Waals surface area (Å²) in [5.41, 5.74) is 2.36. The van der Waals surface area contributed by atoms with E-state index in [1.807, 2.05) is 19.1 Å². The Labute approximate surface area is 134 Å². The van der Waals surface area contributed by atoms with Crippen LogP contribution >= 0.6 is 11.6 Å². The van der Waals surface area contributed by atoms with Crippen molar-refractivity contribution in [3.63, 3.8) is 0 Å². The number of carbonyl (C=O) groups excluding carboxylic acids is 2. The number of carbonyl (C=O) groups is 2. The van der Waals surface area contributed by atoms with Gasteiger partial charge in [-0.05, 0) is 31.5 Å². The molecule has 1 atom stereocenters. The van der Waals surface area contributed by atoms with Gasteiger partial charge < -0.3 is 4.74 Å². The van der Waals surface area contributed by atoms with Crippen molar-refractivity contribution in [3.8, 4) is 0 Å². The maximum atomic E-state index is 12.2. The molecule has 0 N–H and O–H groups in total. The third kappa shape index (κ3) is 4.43. The molecule has 4 heteroatoms. The molecule has 0 bridgehead atoms. The molecule has 0 heterocycles. The van der Waals surface area contributed by atoms with Crippen molar-refractivity contribution in [2.75, 3.05) is 0 Å². The van der Waals surface area contributed by atoms with Gasteiger partial charge in [0.25, 0.3) is 0 Å². The maximum absolute atomic E-state index is 12.2. The summed E-state index contributed by atoms with van der Waals surface area (Å²) in [5, 5.41) is 0.564. The van der Waals surface area contributed by atoms with Crippen molar-refractivity contribution >= 4 is 23.4 Å². The highest BCUT2D eigenvalue weighted by Crippen LogP contribution is 2.13. The molecule has 0 spiro atoms. The van der Waals surface area contributed by atoms with E-state index in [0.29, 0.717) is 10.6 Å². The lowest BCUT2D eigenvalue weighted by atomic mass is 10.1. The van der Waals surface area contributed by atoms with E-state index >= 15 is 0 Å². The highest BCUT2D eigenvalue weighted by molar-refractivity contribution is 6.30. The quantitative estimate of drug-likeness (QED) is 0.618. The molecule has 0 radical (unpaired) electrons. The normalized spacial score (nSPS) is 11.8. The SMILES string of the molecule is Cc1ccc(C(=O)C(C)OC(=O)Cc2cccc(Cl)c2)cc1. The van der Waals surface area contributed by atoms with E-state index in [1.165, 1.54) is 0 Å². The van der Waals surface area contributed by atoms with Crippen LogP contribution in [0.25, 0.3) is 0 Å². The molecule has 2 rings (SSSR count). The minimum Gasteiger partial charge on any atom is -0.454 e. The van der Waals surface area contributed by atoms with E-state index in [-0.39, 0.29) is 12.2 Å². The second kappa shape index (κ2) is 7.23. The number of esters is 1. The van der Waals surface area contributed by atoms with E-state index in [0.717, 1.165) is 11.1 Å². The molecule has 0 fully saturated rings. The smallest absolute Gasteiger partial charge is 0.310 e. The van der Waals surface area contributed by atoms with Crippen LogP contribution in [0.1, 0.15) is 28.4 Å². The molecule has 0 saturated heterocycles. The van der Waals surface area contributed by atoms with Crippen molar-refractivity contribution in [2.24, 2.45) is 0 Å². The van der Waals surface area contributed by atoms with Crippen LogP contribution < -0.4 is 0 Å². The summed E-state index contributed by atoms with van der Waals surface area (Å²) in [6.45, 7) is 3.53. The van der Waals surface area contributed by atoms with Crippen molar-refractivity contribution in [1.29, 1.82) is 0 Å². The number of rotatable bonds is 5. The third-order valence-electron chi connectivity index (χ3n) is 3.25. The molecule has 0 amide bonds. The Morgan fingerprint density at radius 1 is 1.14 bits per heavy atom. The van der Waals surface area contributed by atoms with Crippen molar-refractivity contribution < 1.29 is 14.3 Å². The van der Waals surface area contributed by atoms with Gasteiger partial charge in [-0.1, -0.05) is 53.6 Å². The van der Waals surface area contributed by atoms with E-state index in [2.05, 4.69) is 0 Å². The lowest BCUT2D eigenvalue weighted by Gasteiger charge is -2.12. The first-order chi connectivity index (χ1) is 10.5. The molecule has 0 aliphatic heterocycles. The summed E-state index contributed by atoms with van der Waals surface area (Å²) in [5.74, 6) is -0.658. The summed E-state index contributed by atoms with van der Waals surface area (Å²) in [7, 11) is 0. The van der Waals surface area contributed by atoms with Gasteiger partial charge in [0, 0.05) is 10.6 Å². The molecule has 0 aliphatic rings. The summed E-state index contributed by atoms with van der Waals surface area (Å²) >= 11 is 5.87. The number of ether oxygens (including phenoxy) is 1. The van der Waals surface area contributed by atoms with Crippen LogP contribution in [0.5, 0.6) is 0 Å². The zero-order chi connectivity index (χ0) is 16.1. The topological polar surface area (TPSA) is 43.4 Å². The molecule has 22 heavy (non-hydrogen) atoms. The average Bonchev–Trinajstić information content (AvgIpc) is 2.47. The number of halogens is 1. The highest BCUT2D eigenvalue weighted by atomic mass is 35.5. The first kappa shape index (κ1) is 16.2. The lowest BCUT2D eigenvalue weighted by Crippen LogP contribution is -2.25. The number of benzene rings is 2. The predicted octanol–water partition coefficient (Wildman–Crippen LogP) is 4.01. The van der Waals surface area contributed by atoms with E-state index in [4.69, 9.17) is 16.3 Å². The molecule has 3 nitrogen and oxygen atoms in total. The van der Waals surface area contributed by atoms with E-state index in [9.17, 15) is 9.59 Å². The van der Waals surface area contributed by atoms with Gasteiger partial charge in [0.05, 0.1) is 6.42 Å². The molecule has 114 valence electrons. The molecule has 2 aromatic carbocycles. The van der Waals surface area contributed by atoms with E-state index in [1.54, 1.807) is 43.3 Å². The first-order valence-corrected chi connectivity index (χ1v) is 7.38. The van der Waals surface area contributed by atoms with Gasteiger partial charge in [0.2, 0.25) is 5.78 Å². The Bertz CT molecular complexity index is 677. The van der Waals surface area contributed by atoms with Gasteiger partial charge in [0.15, 0.2) is 6.10 Å². The molecule has 0 aliphatic carbocycles. The Kier molecular flexibility index (Phi) is 5.34. The predicted molar refractivity (Wildman–Crippen MR) is 86.2 cm³/mol. The second-order valence-corrected chi connectivity index (χ2v) is 5.61. The number of hydrogen-bond acceptors (Lipinski definition) is 3. The zero-order valence-corrected chi connectivity index (χ0v) is 13.3. The van der Waals surface area contributed by atoms with Crippen molar-refractivity contribution in [2.45, 2.75) is 26.4 Å². The molecule has 2 aromatic rings. The van der Waals surface area contributed by atoms with Gasteiger partial charge in [0.1, 0.15) is 0 Å². The summed E-state index contributed by atoms with van der Waals surface area (Å²) in [6.07, 6.45) is -0.721. The number of aryl methyl sites for hydroxylation is 1. The minimum atomic E-state index is -0.811. The third-order valence-corrected chi connectivity index (χ3v) is 3.49. The molecule has 0 aromatic heterocycles. The van der Waals surface area contributed by atoms with Crippen molar-refractivity contribution in [1.82, 2.24) is 0 Å². The van der Waals surface area contributed by atoms with Gasteiger partial charge in [-0.25, -0.2) is 0 Å². The van der Waals surface area contributed by atoms with E-state index < -0.39 is 12.1 Å². The zero-order valence-electron chi connectivity index (χ0n) is 12.5. The Balaban J connectivity index is 1.96. The number of hydrogen-bond donors (Lipinski definition) is 0. The fourth-order valence-corrected chi connectivity index (χ4v) is 2.27. The van der Waals surface area contributed by atoms with Crippen LogP contribution in [-0.4, -0.2) is 17.9 Å². The minimum absolute atomic E-state index is 0.0894. The van der Waals surface area contributed by atoms with Crippen LogP contribution in [0, 0.1) is 6.92 Å². The standard InChI is InChI=1S/C18H17ClO3/c1-12-6-8-15(9-7-12)18(21)13(2)22-17(20)11-14-4-3-5-16(19)10-14/h3-10,13H,11H2,1-2H3. The van der Waals surface area contributed by atoms with Gasteiger partial charge in [-0.2, -0.15) is 0 Å². The summed E-state index contributed by atoms with van der Waals surface area (Å²) in [4.78, 5) is 24.1. The monoisotopic (exact) mass is 316 g/mol. The Hall–Kier alpha value is -2.13. The first-order valence-electron chi connectivity index (χ1n) is 7.00. The van der Waals surface area contributed by atoms with Crippen LogP contribution in [-0.2, 0) is 16.0 Å². The molecule has 1 unspecified atom stereocenters. The van der Waals surface area contributed by atoms with Crippen LogP contribution in [0.2, 0.25) is 5.02 Å². The van der Waals surface area contributed by atoms with Crippen LogP contribution in [0.15, 0.2) is 48.5 Å². The van der Waals surface area contributed by atoms with Gasteiger partial charge >= 0.3 is 5.97 Å². The van der Waals surface area contributed by atoms with Gasteiger partial charge in [-0.3, -0.25) is 9.59 Å². The Morgan fingerprint density at radius 3 is 2.45 bits per heavy atom. The molecular weight excluding hydrogens is 300 g/mol. The average molecular weight is 317 g/mol.